The van der Waals surface area contributed by atoms with Gasteiger partial charge in [-0.05, 0) is 44.0 Å². The van der Waals surface area contributed by atoms with Crippen molar-refractivity contribution >= 4 is 29.4 Å². The first-order valence-corrected chi connectivity index (χ1v) is 12.4. The van der Waals surface area contributed by atoms with Crippen LogP contribution in [-0.2, 0) is 10.3 Å². The number of hydrogen-bond donors (Lipinski definition) is 4. The van der Waals surface area contributed by atoms with E-state index >= 15 is 0 Å². The molecule has 2 saturated heterocycles. The van der Waals surface area contributed by atoms with Crippen molar-refractivity contribution in [1.82, 2.24) is 15.2 Å². The first-order valence-electron chi connectivity index (χ1n) is 12.4. The number of morpholine rings is 1. The maximum atomic E-state index is 13.9. The fourth-order valence-electron chi connectivity index (χ4n) is 5.80. The number of aliphatic hydroxyl groups is 1. The van der Waals surface area contributed by atoms with Crippen molar-refractivity contribution in [2.24, 2.45) is 5.92 Å². The molecule has 1 aliphatic carbocycles. The lowest BCUT2D eigenvalue weighted by molar-refractivity contribution is -0.00467. The molecule has 0 spiro atoms. The summed E-state index contributed by atoms with van der Waals surface area (Å²) in [6.45, 7) is 4.58. The molecule has 3 fully saturated rings. The fourth-order valence-corrected chi connectivity index (χ4v) is 5.80. The van der Waals surface area contributed by atoms with Gasteiger partial charge in [0.2, 0.25) is 0 Å². The summed E-state index contributed by atoms with van der Waals surface area (Å²) in [6, 6.07) is 10.6. The van der Waals surface area contributed by atoms with Gasteiger partial charge in [-0.1, -0.05) is 6.07 Å². The molecule has 10 heteroatoms. The van der Waals surface area contributed by atoms with Gasteiger partial charge in [-0.15, -0.1) is 0 Å². The number of nitrogens with one attached hydrogen (secondary N) is 3. The van der Waals surface area contributed by atoms with Crippen molar-refractivity contribution in [3.05, 3.63) is 59.5 Å². The average Bonchev–Trinajstić information content (AvgIpc) is 3.54. The second-order valence-corrected chi connectivity index (χ2v) is 9.90. The van der Waals surface area contributed by atoms with Gasteiger partial charge in [0.15, 0.2) is 0 Å². The highest BCUT2D eigenvalue weighted by atomic mass is 19.1. The number of H-pyrrole nitrogens is 1. The van der Waals surface area contributed by atoms with E-state index in [1.807, 2.05) is 12.1 Å². The molecular formula is C26H30FN7O2. The Balaban J connectivity index is 1.40. The number of benzene rings is 1. The lowest BCUT2D eigenvalue weighted by Crippen LogP contribution is -2.46. The van der Waals surface area contributed by atoms with Gasteiger partial charge < -0.3 is 30.4 Å². The summed E-state index contributed by atoms with van der Waals surface area (Å²) in [6.07, 6.45) is 4.18. The molecule has 0 radical (unpaired) electrons. The highest BCUT2D eigenvalue weighted by molar-refractivity contribution is 5.89. The summed E-state index contributed by atoms with van der Waals surface area (Å²) in [7, 11) is 0. The Morgan fingerprint density at radius 1 is 1.28 bits per heavy atom. The van der Waals surface area contributed by atoms with Crippen LogP contribution in [0.25, 0.3) is 0 Å². The van der Waals surface area contributed by atoms with Crippen LogP contribution in [0, 0.1) is 17.1 Å². The van der Waals surface area contributed by atoms with Crippen LogP contribution in [0.1, 0.15) is 30.9 Å². The molecule has 2 aliphatic heterocycles. The molecule has 4 heterocycles. The number of piperidine rings is 1. The van der Waals surface area contributed by atoms with Crippen molar-refractivity contribution in [1.29, 1.82) is 5.41 Å². The van der Waals surface area contributed by atoms with Gasteiger partial charge in [0.1, 0.15) is 23.3 Å². The number of pyridine rings is 1. The normalized spacial score (nSPS) is 27.5. The van der Waals surface area contributed by atoms with E-state index in [9.17, 15) is 9.50 Å². The maximum Gasteiger partial charge on any atom is 0.143 e. The molecule has 36 heavy (non-hydrogen) atoms. The van der Waals surface area contributed by atoms with E-state index in [1.165, 1.54) is 12.3 Å². The predicted octanol–water partition coefficient (Wildman–Crippen LogP) is 3.40. The van der Waals surface area contributed by atoms with E-state index in [1.54, 1.807) is 24.4 Å². The summed E-state index contributed by atoms with van der Waals surface area (Å²) >= 11 is 0. The molecule has 1 aromatic carbocycles. The lowest BCUT2D eigenvalue weighted by atomic mass is 9.81. The van der Waals surface area contributed by atoms with Crippen LogP contribution in [0.3, 0.4) is 0 Å². The number of ether oxygens (including phenoxy) is 1. The fraction of sp³-hybridized carbons (Fsp3) is 0.423. The topological polar surface area (TPSA) is 113 Å². The Hall–Kier alpha value is -3.50. The standard InChI is InChI=1S/C26H30FN7O2/c1-16-15-36-10-9-33(16)24-13-20(19(14-28)25(31-24)30-23-5-7-29-32-23)26(35)6-8-34(22-12-21(22)26)18-4-2-3-17(27)11-18/h2-5,7,11,13-14,16,21-22,28,35H,6,8-10,12,15H2,1H3,(H2,29,30,31,32)/t16-,21?,22?,26?/m1/s1. The number of halogens is 1. The summed E-state index contributed by atoms with van der Waals surface area (Å²) < 4.78 is 19.5. The second-order valence-electron chi connectivity index (χ2n) is 9.90. The molecule has 3 aromatic rings. The zero-order chi connectivity index (χ0) is 24.9. The SMILES string of the molecule is C[C@@H]1COCCN1c1cc(C2(O)CCN(c3cccc(F)c3)C3CC32)c(C=N)c(Nc2ccn[nH]2)n1. The largest absolute Gasteiger partial charge is 0.385 e. The molecule has 1 saturated carbocycles. The maximum absolute atomic E-state index is 13.9. The van der Waals surface area contributed by atoms with Gasteiger partial charge in [0, 0.05) is 54.1 Å². The number of rotatable bonds is 6. The summed E-state index contributed by atoms with van der Waals surface area (Å²) in [4.78, 5) is 9.27. The first-order chi connectivity index (χ1) is 17.5. The first kappa shape index (κ1) is 22.9. The number of nitrogens with zero attached hydrogens (tertiary/aromatic N) is 4. The molecule has 188 valence electrons. The molecule has 3 aliphatic rings. The van der Waals surface area contributed by atoms with E-state index < -0.39 is 5.60 Å². The minimum absolute atomic E-state index is 0.0226. The summed E-state index contributed by atoms with van der Waals surface area (Å²) in [5.74, 6) is 1.61. The van der Waals surface area contributed by atoms with E-state index in [0.717, 1.165) is 17.9 Å². The van der Waals surface area contributed by atoms with Crippen molar-refractivity contribution in [3.63, 3.8) is 0 Å². The lowest BCUT2D eigenvalue weighted by Gasteiger charge is -2.41. The molecule has 6 rings (SSSR count). The van der Waals surface area contributed by atoms with Crippen LogP contribution in [-0.4, -0.2) is 64.9 Å². The third-order valence-corrected chi connectivity index (χ3v) is 7.72. The Bertz CT molecular complexity index is 1270. The molecule has 0 amide bonds. The Kier molecular flexibility index (Phi) is 5.65. The molecule has 4 N–H and O–H groups in total. The summed E-state index contributed by atoms with van der Waals surface area (Å²) in [5.41, 5.74) is 0.978. The van der Waals surface area contributed by atoms with Crippen molar-refractivity contribution < 1.29 is 14.2 Å². The Labute approximate surface area is 208 Å². The van der Waals surface area contributed by atoms with Crippen LogP contribution in [0.5, 0.6) is 0 Å². The second kappa shape index (κ2) is 8.86. The number of aromatic amines is 1. The van der Waals surface area contributed by atoms with Crippen LogP contribution in [0.2, 0.25) is 0 Å². The highest BCUT2D eigenvalue weighted by Crippen LogP contribution is 2.56. The van der Waals surface area contributed by atoms with Gasteiger partial charge in [0.05, 0.1) is 31.1 Å². The van der Waals surface area contributed by atoms with Gasteiger partial charge >= 0.3 is 0 Å². The zero-order valence-corrected chi connectivity index (χ0v) is 20.1. The molecule has 9 nitrogen and oxygen atoms in total. The van der Waals surface area contributed by atoms with Crippen molar-refractivity contribution in [3.8, 4) is 0 Å². The molecule has 3 unspecified atom stereocenters. The third-order valence-electron chi connectivity index (χ3n) is 7.72. The number of aromatic nitrogens is 3. The number of hydrogen-bond acceptors (Lipinski definition) is 8. The van der Waals surface area contributed by atoms with E-state index in [-0.39, 0.29) is 23.8 Å². The van der Waals surface area contributed by atoms with E-state index in [2.05, 4.69) is 32.2 Å². The molecule has 4 atom stereocenters. The van der Waals surface area contributed by atoms with Gasteiger partial charge in [-0.25, -0.2) is 9.37 Å². The molecule has 2 aromatic heterocycles. The average molecular weight is 492 g/mol. The molecular weight excluding hydrogens is 461 g/mol. The van der Waals surface area contributed by atoms with Gasteiger partial charge in [-0.3, -0.25) is 5.10 Å². The predicted molar refractivity (Wildman–Crippen MR) is 136 cm³/mol. The van der Waals surface area contributed by atoms with Crippen LogP contribution in [0.4, 0.5) is 27.5 Å². The van der Waals surface area contributed by atoms with Crippen LogP contribution < -0.4 is 15.1 Å². The molecule has 0 bridgehead atoms. The van der Waals surface area contributed by atoms with E-state index in [0.29, 0.717) is 55.5 Å². The monoisotopic (exact) mass is 491 g/mol. The quantitative estimate of drug-likeness (QED) is 0.391. The van der Waals surface area contributed by atoms with Crippen molar-refractivity contribution in [2.45, 2.75) is 37.5 Å². The zero-order valence-electron chi connectivity index (χ0n) is 20.1. The summed E-state index contributed by atoms with van der Waals surface area (Å²) in [5, 5.41) is 30.6. The van der Waals surface area contributed by atoms with Gasteiger partial charge in [-0.2, -0.15) is 5.10 Å². The van der Waals surface area contributed by atoms with Gasteiger partial charge in [0.25, 0.3) is 0 Å². The minimum Gasteiger partial charge on any atom is -0.385 e. The van der Waals surface area contributed by atoms with Crippen LogP contribution >= 0.6 is 0 Å². The number of anilines is 4. The smallest absolute Gasteiger partial charge is 0.143 e. The third kappa shape index (κ3) is 3.90. The highest BCUT2D eigenvalue weighted by Gasteiger charge is 2.59. The Morgan fingerprint density at radius 3 is 2.92 bits per heavy atom. The Morgan fingerprint density at radius 2 is 2.17 bits per heavy atom. The van der Waals surface area contributed by atoms with Crippen molar-refractivity contribution in [2.75, 3.05) is 41.4 Å². The van der Waals surface area contributed by atoms with E-state index in [4.69, 9.17) is 15.1 Å². The van der Waals surface area contributed by atoms with Crippen LogP contribution in [0.15, 0.2) is 42.6 Å². The minimum atomic E-state index is -1.13. The number of fused-ring (bicyclic) bond motifs is 1.